The predicted molar refractivity (Wildman–Crippen MR) is 131 cm³/mol. The van der Waals surface area contributed by atoms with Crippen LogP contribution in [0.2, 0.25) is 0 Å². The van der Waals surface area contributed by atoms with Gasteiger partial charge in [0, 0.05) is 23.7 Å². The van der Waals surface area contributed by atoms with Crippen LogP contribution in [0.4, 0.5) is 5.82 Å². The van der Waals surface area contributed by atoms with Crippen molar-refractivity contribution in [3.05, 3.63) is 83.7 Å². The van der Waals surface area contributed by atoms with E-state index in [4.69, 9.17) is 4.74 Å². The summed E-state index contributed by atoms with van der Waals surface area (Å²) in [5.41, 5.74) is 3.82. The molecule has 0 aliphatic heterocycles. The van der Waals surface area contributed by atoms with Gasteiger partial charge in [0.1, 0.15) is 17.9 Å². The molecule has 0 aliphatic rings. The number of aromatic nitrogens is 2. The molecule has 4 aromatic rings. The van der Waals surface area contributed by atoms with Crippen LogP contribution in [-0.2, 0) is 12.8 Å². The number of aromatic carboxylic acids is 1. The lowest BCUT2D eigenvalue weighted by atomic mass is 9.95. The van der Waals surface area contributed by atoms with Crippen LogP contribution < -0.4 is 10.1 Å². The van der Waals surface area contributed by atoms with Crippen molar-refractivity contribution in [2.24, 2.45) is 0 Å². The van der Waals surface area contributed by atoms with Crippen molar-refractivity contribution >= 4 is 22.6 Å². The van der Waals surface area contributed by atoms with Gasteiger partial charge in [-0.25, -0.2) is 14.8 Å². The molecular formula is C27H27N3O3. The van der Waals surface area contributed by atoms with Gasteiger partial charge in [0.15, 0.2) is 0 Å². The summed E-state index contributed by atoms with van der Waals surface area (Å²) in [6.45, 7) is 2.70. The zero-order valence-corrected chi connectivity index (χ0v) is 18.8. The van der Waals surface area contributed by atoms with Crippen molar-refractivity contribution in [2.75, 3.05) is 19.0 Å². The number of carboxylic acids is 1. The van der Waals surface area contributed by atoms with Gasteiger partial charge in [-0.05, 0) is 41.3 Å². The molecule has 6 nitrogen and oxygen atoms in total. The molecule has 0 saturated carbocycles. The number of nitrogens with one attached hydrogen (secondary N) is 1. The van der Waals surface area contributed by atoms with Crippen molar-refractivity contribution < 1.29 is 14.6 Å². The Bertz CT molecular complexity index is 1290. The highest BCUT2D eigenvalue weighted by molar-refractivity contribution is 5.92. The van der Waals surface area contributed by atoms with Crippen LogP contribution in [0.15, 0.2) is 67.0 Å². The number of benzene rings is 3. The Morgan fingerprint density at radius 2 is 1.85 bits per heavy atom. The SMILES string of the molecule is CCCc1c(C(=O)O)cccc1-c1cc(NCCc2c(OC)ccc3ccccc23)ncn1. The van der Waals surface area contributed by atoms with Crippen LogP contribution in [0.1, 0.15) is 34.8 Å². The highest BCUT2D eigenvalue weighted by Gasteiger charge is 2.16. The van der Waals surface area contributed by atoms with Gasteiger partial charge in [-0.2, -0.15) is 0 Å². The number of carboxylic acid groups (broad SMARTS) is 1. The van der Waals surface area contributed by atoms with Crippen LogP contribution in [-0.4, -0.2) is 34.7 Å². The van der Waals surface area contributed by atoms with Crippen molar-refractivity contribution in [3.8, 4) is 17.0 Å². The average molecular weight is 442 g/mol. The molecule has 0 spiro atoms. The molecule has 0 radical (unpaired) electrons. The van der Waals surface area contributed by atoms with E-state index in [1.807, 2.05) is 37.3 Å². The van der Waals surface area contributed by atoms with E-state index in [0.29, 0.717) is 30.0 Å². The first-order valence-corrected chi connectivity index (χ1v) is 11.1. The van der Waals surface area contributed by atoms with E-state index in [0.717, 1.165) is 35.3 Å². The van der Waals surface area contributed by atoms with E-state index < -0.39 is 5.97 Å². The summed E-state index contributed by atoms with van der Waals surface area (Å²) in [5.74, 6) is 0.646. The van der Waals surface area contributed by atoms with Crippen LogP contribution in [0.25, 0.3) is 22.0 Å². The van der Waals surface area contributed by atoms with Gasteiger partial charge in [0.25, 0.3) is 0 Å². The summed E-state index contributed by atoms with van der Waals surface area (Å²) in [6, 6.07) is 19.6. The first kappa shape index (κ1) is 22.3. The number of nitrogens with zero attached hydrogens (tertiary/aromatic N) is 2. The zero-order valence-electron chi connectivity index (χ0n) is 18.8. The van der Waals surface area contributed by atoms with Crippen molar-refractivity contribution in [3.63, 3.8) is 0 Å². The highest BCUT2D eigenvalue weighted by Crippen LogP contribution is 2.29. The maximum Gasteiger partial charge on any atom is 0.335 e. The lowest BCUT2D eigenvalue weighted by molar-refractivity contribution is 0.0695. The molecule has 0 unspecified atom stereocenters. The van der Waals surface area contributed by atoms with Gasteiger partial charge in [-0.15, -0.1) is 0 Å². The summed E-state index contributed by atoms with van der Waals surface area (Å²) in [7, 11) is 1.69. The van der Waals surface area contributed by atoms with Gasteiger partial charge < -0.3 is 15.2 Å². The van der Waals surface area contributed by atoms with E-state index in [2.05, 4.69) is 33.5 Å². The topological polar surface area (TPSA) is 84.3 Å². The minimum atomic E-state index is -0.920. The number of anilines is 1. The first-order valence-electron chi connectivity index (χ1n) is 11.1. The molecule has 33 heavy (non-hydrogen) atoms. The third kappa shape index (κ3) is 4.80. The molecule has 6 heteroatoms. The Morgan fingerprint density at radius 1 is 1.00 bits per heavy atom. The smallest absolute Gasteiger partial charge is 0.335 e. The van der Waals surface area contributed by atoms with Crippen molar-refractivity contribution in [1.82, 2.24) is 9.97 Å². The molecule has 0 amide bonds. The van der Waals surface area contributed by atoms with Gasteiger partial charge in [-0.3, -0.25) is 0 Å². The fraction of sp³-hybridized carbons (Fsp3) is 0.222. The molecular weight excluding hydrogens is 414 g/mol. The molecule has 0 aliphatic carbocycles. The second-order valence-electron chi connectivity index (χ2n) is 7.82. The Hall–Kier alpha value is -3.93. The van der Waals surface area contributed by atoms with Crippen molar-refractivity contribution in [1.29, 1.82) is 0 Å². The number of methoxy groups -OCH3 is 1. The fourth-order valence-corrected chi connectivity index (χ4v) is 4.23. The van der Waals surface area contributed by atoms with Crippen LogP contribution >= 0.6 is 0 Å². The molecule has 0 atom stereocenters. The molecule has 168 valence electrons. The van der Waals surface area contributed by atoms with E-state index in [1.54, 1.807) is 19.2 Å². The van der Waals surface area contributed by atoms with E-state index in [-0.39, 0.29) is 0 Å². The summed E-state index contributed by atoms with van der Waals surface area (Å²) < 4.78 is 5.60. The van der Waals surface area contributed by atoms with Gasteiger partial charge in [0.2, 0.25) is 0 Å². The lowest BCUT2D eigenvalue weighted by Gasteiger charge is -2.14. The number of hydrogen-bond acceptors (Lipinski definition) is 5. The average Bonchev–Trinajstić information content (AvgIpc) is 2.84. The standard InChI is InChI=1S/C27H27N3O3/c1-3-7-20-21(10-6-11-23(20)27(31)32)24-16-26(30-17-29-24)28-15-14-22-19-9-5-4-8-18(19)12-13-25(22)33-2/h4-6,8-13,16-17H,3,7,14-15H2,1-2H3,(H,31,32)(H,28,29,30). The van der Waals surface area contributed by atoms with Crippen molar-refractivity contribution in [2.45, 2.75) is 26.2 Å². The zero-order chi connectivity index (χ0) is 23.2. The van der Waals surface area contributed by atoms with Gasteiger partial charge >= 0.3 is 5.97 Å². The summed E-state index contributed by atoms with van der Waals surface area (Å²) in [6.07, 6.45) is 3.80. The molecule has 4 rings (SSSR count). The maximum atomic E-state index is 11.7. The largest absolute Gasteiger partial charge is 0.496 e. The molecule has 1 heterocycles. The predicted octanol–water partition coefficient (Wildman–Crippen LogP) is 5.61. The Morgan fingerprint density at radius 3 is 2.64 bits per heavy atom. The van der Waals surface area contributed by atoms with Crippen LogP contribution in [0.3, 0.4) is 0 Å². The second kappa shape index (κ2) is 10.1. The molecule has 2 N–H and O–H groups in total. The number of hydrogen-bond donors (Lipinski definition) is 2. The third-order valence-electron chi connectivity index (χ3n) is 5.75. The lowest BCUT2D eigenvalue weighted by Crippen LogP contribution is -2.09. The monoisotopic (exact) mass is 441 g/mol. The minimum Gasteiger partial charge on any atom is -0.496 e. The van der Waals surface area contributed by atoms with Crippen LogP contribution in [0, 0.1) is 0 Å². The Labute approximate surface area is 193 Å². The van der Waals surface area contributed by atoms with E-state index >= 15 is 0 Å². The number of ether oxygens (including phenoxy) is 1. The summed E-state index contributed by atoms with van der Waals surface area (Å²) in [4.78, 5) is 20.5. The van der Waals surface area contributed by atoms with Gasteiger partial charge in [-0.1, -0.05) is 55.8 Å². The van der Waals surface area contributed by atoms with Crippen LogP contribution in [0.5, 0.6) is 5.75 Å². The molecule has 3 aromatic carbocycles. The quantitative estimate of drug-likeness (QED) is 0.351. The summed E-state index contributed by atoms with van der Waals surface area (Å²) in [5, 5.41) is 15.3. The Balaban J connectivity index is 1.57. The normalized spacial score (nSPS) is 10.8. The minimum absolute atomic E-state index is 0.325. The first-order chi connectivity index (χ1) is 16.1. The van der Waals surface area contributed by atoms with E-state index in [9.17, 15) is 9.90 Å². The van der Waals surface area contributed by atoms with E-state index in [1.165, 1.54) is 17.1 Å². The second-order valence-corrected chi connectivity index (χ2v) is 7.82. The molecule has 0 fully saturated rings. The highest BCUT2D eigenvalue weighted by atomic mass is 16.5. The Kier molecular flexibility index (Phi) is 6.83. The molecule has 0 saturated heterocycles. The number of rotatable bonds is 9. The number of carbonyl (C=O) groups is 1. The fourth-order valence-electron chi connectivity index (χ4n) is 4.23. The number of fused-ring (bicyclic) bond motifs is 1. The summed E-state index contributed by atoms with van der Waals surface area (Å²) >= 11 is 0. The maximum absolute atomic E-state index is 11.7. The molecule has 0 bridgehead atoms. The van der Waals surface area contributed by atoms with Gasteiger partial charge in [0.05, 0.1) is 18.4 Å². The molecule has 1 aromatic heterocycles. The third-order valence-corrected chi connectivity index (χ3v) is 5.75.